The minimum absolute atomic E-state index is 0.0927. The van der Waals surface area contributed by atoms with E-state index in [2.05, 4.69) is 21.2 Å². The molecule has 2 aromatic rings. The zero-order valence-electron chi connectivity index (χ0n) is 9.38. The van der Waals surface area contributed by atoms with Gasteiger partial charge in [-0.3, -0.25) is 4.79 Å². The molecule has 2 rings (SSSR count). The standard InChI is InChI=1S/C13H7BrCl2FNO/c14-9-6-8(2-3-10(9)15)18-13(19)7-1-4-12(17)11(16)5-7/h1-6H,(H,18,19). The first kappa shape index (κ1) is 14.3. The summed E-state index contributed by atoms with van der Waals surface area (Å²) >= 11 is 14.7. The lowest BCUT2D eigenvalue weighted by atomic mass is 10.2. The topological polar surface area (TPSA) is 29.1 Å². The summed E-state index contributed by atoms with van der Waals surface area (Å²) < 4.78 is 13.7. The predicted molar refractivity (Wildman–Crippen MR) is 78.5 cm³/mol. The van der Waals surface area contributed by atoms with Gasteiger partial charge in [-0.1, -0.05) is 23.2 Å². The second-order valence-corrected chi connectivity index (χ2v) is 5.38. The fourth-order valence-corrected chi connectivity index (χ4v) is 2.09. The highest BCUT2D eigenvalue weighted by atomic mass is 79.9. The molecule has 0 bridgehead atoms. The maximum absolute atomic E-state index is 13.0. The number of nitrogens with one attached hydrogen (secondary N) is 1. The minimum Gasteiger partial charge on any atom is -0.322 e. The third kappa shape index (κ3) is 3.47. The molecule has 98 valence electrons. The Labute approximate surface area is 127 Å². The smallest absolute Gasteiger partial charge is 0.255 e. The molecule has 0 radical (unpaired) electrons. The van der Waals surface area contributed by atoms with Gasteiger partial charge < -0.3 is 5.32 Å². The van der Waals surface area contributed by atoms with E-state index in [9.17, 15) is 9.18 Å². The number of carbonyl (C=O) groups is 1. The van der Waals surface area contributed by atoms with Crippen molar-refractivity contribution < 1.29 is 9.18 Å². The van der Waals surface area contributed by atoms with Gasteiger partial charge >= 0.3 is 0 Å². The Morgan fingerprint density at radius 3 is 2.47 bits per heavy atom. The van der Waals surface area contributed by atoms with Gasteiger partial charge in [0, 0.05) is 15.7 Å². The van der Waals surface area contributed by atoms with Crippen LogP contribution in [0.15, 0.2) is 40.9 Å². The van der Waals surface area contributed by atoms with Crippen LogP contribution in [0.5, 0.6) is 0 Å². The Balaban J connectivity index is 2.20. The number of hydrogen-bond donors (Lipinski definition) is 1. The molecule has 0 saturated carbocycles. The molecule has 0 aliphatic heterocycles. The van der Waals surface area contributed by atoms with Gasteiger partial charge in [-0.05, 0) is 52.3 Å². The van der Waals surface area contributed by atoms with Crippen molar-refractivity contribution in [2.75, 3.05) is 5.32 Å². The van der Waals surface area contributed by atoms with E-state index < -0.39 is 5.82 Å². The van der Waals surface area contributed by atoms with Crippen LogP contribution in [0.3, 0.4) is 0 Å². The summed E-state index contributed by atoms with van der Waals surface area (Å²) in [6, 6.07) is 8.77. The van der Waals surface area contributed by atoms with E-state index in [0.29, 0.717) is 15.2 Å². The fourth-order valence-electron chi connectivity index (χ4n) is 1.41. The second kappa shape index (κ2) is 5.90. The Kier molecular flexibility index (Phi) is 4.45. The Morgan fingerprint density at radius 1 is 1.11 bits per heavy atom. The van der Waals surface area contributed by atoms with E-state index in [4.69, 9.17) is 23.2 Å². The van der Waals surface area contributed by atoms with Gasteiger partial charge in [0.25, 0.3) is 5.91 Å². The van der Waals surface area contributed by atoms with Crippen LogP contribution in [-0.4, -0.2) is 5.91 Å². The average molecular weight is 363 g/mol. The maximum atomic E-state index is 13.0. The van der Waals surface area contributed by atoms with Crippen LogP contribution in [0.25, 0.3) is 0 Å². The lowest BCUT2D eigenvalue weighted by molar-refractivity contribution is 0.102. The number of carbonyl (C=O) groups excluding carboxylic acids is 1. The molecule has 0 saturated heterocycles. The first-order valence-electron chi connectivity index (χ1n) is 5.19. The number of halogens is 4. The van der Waals surface area contributed by atoms with E-state index in [1.165, 1.54) is 12.1 Å². The van der Waals surface area contributed by atoms with Crippen LogP contribution in [0.4, 0.5) is 10.1 Å². The molecule has 0 aliphatic carbocycles. The maximum Gasteiger partial charge on any atom is 0.255 e. The summed E-state index contributed by atoms with van der Waals surface area (Å²) in [4.78, 5) is 11.9. The normalized spacial score (nSPS) is 10.3. The molecule has 0 fully saturated rings. The fraction of sp³-hybridized carbons (Fsp3) is 0. The molecule has 0 spiro atoms. The number of rotatable bonds is 2. The highest BCUT2D eigenvalue weighted by Gasteiger charge is 2.09. The van der Waals surface area contributed by atoms with Crippen LogP contribution in [0.1, 0.15) is 10.4 Å². The van der Waals surface area contributed by atoms with Crippen molar-refractivity contribution in [1.29, 1.82) is 0 Å². The van der Waals surface area contributed by atoms with Crippen LogP contribution in [0, 0.1) is 5.82 Å². The Hall–Kier alpha value is -1.10. The van der Waals surface area contributed by atoms with Crippen molar-refractivity contribution in [1.82, 2.24) is 0 Å². The molecular weight excluding hydrogens is 356 g/mol. The summed E-state index contributed by atoms with van der Waals surface area (Å²) in [6.45, 7) is 0. The molecule has 2 aromatic carbocycles. The van der Waals surface area contributed by atoms with E-state index in [1.54, 1.807) is 18.2 Å². The zero-order chi connectivity index (χ0) is 14.0. The SMILES string of the molecule is O=C(Nc1ccc(Cl)c(Br)c1)c1ccc(F)c(Cl)c1. The molecule has 2 nitrogen and oxygen atoms in total. The van der Waals surface area contributed by atoms with Gasteiger partial charge in [-0.25, -0.2) is 4.39 Å². The quantitative estimate of drug-likeness (QED) is 0.786. The van der Waals surface area contributed by atoms with Gasteiger partial charge in [-0.15, -0.1) is 0 Å². The van der Waals surface area contributed by atoms with Crippen molar-refractivity contribution in [3.63, 3.8) is 0 Å². The number of anilines is 1. The third-order valence-electron chi connectivity index (χ3n) is 2.36. The van der Waals surface area contributed by atoms with E-state index >= 15 is 0 Å². The first-order chi connectivity index (χ1) is 8.97. The highest BCUT2D eigenvalue weighted by molar-refractivity contribution is 9.10. The molecule has 0 atom stereocenters. The number of hydrogen-bond acceptors (Lipinski definition) is 1. The van der Waals surface area contributed by atoms with Crippen molar-refractivity contribution in [2.24, 2.45) is 0 Å². The molecule has 1 N–H and O–H groups in total. The number of benzene rings is 2. The first-order valence-corrected chi connectivity index (χ1v) is 6.74. The average Bonchev–Trinajstić information content (AvgIpc) is 2.37. The van der Waals surface area contributed by atoms with Gasteiger partial charge in [0.1, 0.15) is 5.82 Å². The largest absolute Gasteiger partial charge is 0.322 e. The van der Waals surface area contributed by atoms with Crippen LogP contribution < -0.4 is 5.32 Å². The Bertz CT molecular complexity index is 649. The van der Waals surface area contributed by atoms with Gasteiger partial charge in [0.2, 0.25) is 0 Å². The molecular formula is C13H7BrCl2FNO. The van der Waals surface area contributed by atoms with Crippen molar-refractivity contribution in [2.45, 2.75) is 0 Å². The summed E-state index contributed by atoms with van der Waals surface area (Å²) in [5, 5.41) is 3.12. The Morgan fingerprint density at radius 2 is 1.84 bits per heavy atom. The van der Waals surface area contributed by atoms with Crippen LogP contribution >= 0.6 is 39.1 Å². The molecule has 1 amide bonds. The number of amides is 1. The monoisotopic (exact) mass is 361 g/mol. The molecule has 19 heavy (non-hydrogen) atoms. The summed E-state index contributed by atoms with van der Waals surface area (Å²) in [6.07, 6.45) is 0. The highest BCUT2D eigenvalue weighted by Crippen LogP contribution is 2.26. The molecule has 6 heteroatoms. The van der Waals surface area contributed by atoms with E-state index in [1.807, 2.05) is 0 Å². The molecule has 0 aromatic heterocycles. The summed E-state index contributed by atoms with van der Waals surface area (Å²) in [7, 11) is 0. The second-order valence-electron chi connectivity index (χ2n) is 3.71. The molecule has 0 aliphatic rings. The van der Waals surface area contributed by atoms with E-state index in [0.717, 1.165) is 6.07 Å². The van der Waals surface area contributed by atoms with Crippen LogP contribution in [-0.2, 0) is 0 Å². The van der Waals surface area contributed by atoms with E-state index in [-0.39, 0.29) is 16.5 Å². The van der Waals surface area contributed by atoms with Crippen molar-refractivity contribution in [3.05, 3.63) is 62.3 Å². The minimum atomic E-state index is -0.563. The van der Waals surface area contributed by atoms with Gasteiger partial charge in [0.05, 0.1) is 10.0 Å². The van der Waals surface area contributed by atoms with Crippen LogP contribution in [0.2, 0.25) is 10.0 Å². The third-order valence-corrected chi connectivity index (χ3v) is 3.86. The molecule has 0 heterocycles. The van der Waals surface area contributed by atoms with Gasteiger partial charge in [-0.2, -0.15) is 0 Å². The predicted octanol–water partition coefficient (Wildman–Crippen LogP) is 5.15. The lowest BCUT2D eigenvalue weighted by Crippen LogP contribution is -2.11. The zero-order valence-corrected chi connectivity index (χ0v) is 12.5. The summed E-state index contributed by atoms with van der Waals surface area (Å²) in [5.41, 5.74) is 0.846. The molecule has 0 unspecified atom stereocenters. The van der Waals surface area contributed by atoms with Crippen molar-refractivity contribution in [3.8, 4) is 0 Å². The summed E-state index contributed by atoms with van der Waals surface area (Å²) in [5.74, 6) is -0.941. The van der Waals surface area contributed by atoms with Crippen molar-refractivity contribution >= 4 is 50.7 Å². The lowest BCUT2D eigenvalue weighted by Gasteiger charge is -2.07. The van der Waals surface area contributed by atoms with Gasteiger partial charge in [0.15, 0.2) is 0 Å².